The predicted octanol–water partition coefficient (Wildman–Crippen LogP) is 5.31. The summed E-state index contributed by atoms with van der Waals surface area (Å²) in [5.74, 6) is 0.167. The second-order valence-electron chi connectivity index (χ2n) is 6.80. The van der Waals surface area contributed by atoms with Crippen LogP contribution in [0, 0.1) is 11.7 Å². The van der Waals surface area contributed by atoms with E-state index < -0.39 is 0 Å². The maximum absolute atomic E-state index is 13.4. The molecule has 0 bridgehead atoms. The van der Waals surface area contributed by atoms with E-state index >= 15 is 0 Å². The first-order valence-corrected chi connectivity index (χ1v) is 9.68. The van der Waals surface area contributed by atoms with E-state index in [-0.39, 0.29) is 5.82 Å². The van der Waals surface area contributed by atoms with Crippen LogP contribution in [0.1, 0.15) is 19.4 Å². The first-order chi connectivity index (χ1) is 13.0. The van der Waals surface area contributed by atoms with Gasteiger partial charge in [-0.1, -0.05) is 38.1 Å². The van der Waals surface area contributed by atoms with E-state index in [0.717, 1.165) is 40.6 Å². The molecular formula is C21H22FN3OS. The highest BCUT2D eigenvalue weighted by Crippen LogP contribution is 2.27. The SMILES string of the molecule is CC(C)CN(C=O)Cc1ccc(Nc2nc(-c3cccc(F)c3)cs2)cc1. The van der Waals surface area contributed by atoms with E-state index in [9.17, 15) is 9.18 Å². The minimum absolute atomic E-state index is 0.271. The first kappa shape index (κ1) is 19.0. The molecule has 0 saturated carbocycles. The molecule has 0 radical (unpaired) electrons. The van der Waals surface area contributed by atoms with Gasteiger partial charge in [0.2, 0.25) is 6.41 Å². The Morgan fingerprint density at radius 2 is 2.00 bits per heavy atom. The summed E-state index contributed by atoms with van der Waals surface area (Å²) in [5.41, 5.74) is 3.50. The molecule has 3 aromatic rings. The van der Waals surface area contributed by atoms with E-state index in [1.807, 2.05) is 35.7 Å². The largest absolute Gasteiger partial charge is 0.341 e. The lowest BCUT2D eigenvalue weighted by molar-refractivity contribution is -0.119. The van der Waals surface area contributed by atoms with Crippen LogP contribution in [0.5, 0.6) is 0 Å². The second-order valence-corrected chi connectivity index (χ2v) is 7.66. The minimum atomic E-state index is -0.271. The summed E-state index contributed by atoms with van der Waals surface area (Å²) < 4.78 is 13.4. The number of nitrogens with one attached hydrogen (secondary N) is 1. The van der Waals surface area contributed by atoms with Gasteiger partial charge < -0.3 is 10.2 Å². The summed E-state index contributed by atoms with van der Waals surface area (Å²) in [6.07, 6.45) is 0.898. The number of carbonyl (C=O) groups is 1. The molecule has 1 aromatic heterocycles. The van der Waals surface area contributed by atoms with Gasteiger partial charge in [-0.25, -0.2) is 9.37 Å². The number of hydrogen-bond acceptors (Lipinski definition) is 4. The van der Waals surface area contributed by atoms with Crippen molar-refractivity contribution >= 4 is 28.6 Å². The number of thiazole rings is 1. The Morgan fingerprint density at radius 3 is 2.67 bits per heavy atom. The molecule has 0 atom stereocenters. The van der Waals surface area contributed by atoms with Crippen molar-refractivity contribution in [3.63, 3.8) is 0 Å². The van der Waals surface area contributed by atoms with Crippen LogP contribution in [0.4, 0.5) is 15.2 Å². The number of nitrogens with zero attached hydrogens (tertiary/aromatic N) is 2. The van der Waals surface area contributed by atoms with Crippen LogP contribution >= 0.6 is 11.3 Å². The highest BCUT2D eigenvalue weighted by molar-refractivity contribution is 7.14. The van der Waals surface area contributed by atoms with E-state index in [1.54, 1.807) is 11.0 Å². The fourth-order valence-corrected chi connectivity index (χ4v) is 3.52. The zero-order valence-electron chi connectivity index (χ0n) is 15.4. The van der Waals surface area contributed by atoms with Crippen molar-refractivity contribution in [3.8, 4) is 11.3 Å². The summed E-state index contributed by atoms with van der Waals surface area (Å²) in [6, 6.07) is 14.4. The summed E-state index contributed by atoms with van der Waals surface area (Å²) in [7, 11) is 0. The molecule has 0 fully saturated rings. The zero-order chi connectivity index (χ0) is 19.2. The third kappa shape index (κ3) is 5.37. The van der Waals surface area contributed by atoms with Crippen LogP contribution in [-0.2, 0) is 11.3 Å². The van der Waals surface area contributed by atoms with E-state index in [1.165, 1.54) is 23.5 Å². The average Bonchev–Trinajstić information content (AvgIpc) is 3.11. The van der Waals surface area contributed by atoms with Crippen molar-refractivity contribution in [1.82, 2.24) is 9.88 Å². The Hall–Kier alpha value is -2.73. The normalized spacial score (nSPS) is 10.8. The lowest BCUT2D eigenvalue weighted by Crippen LogP contribution is -2.25. The van der Waals surface area contributed by atoms with Crippen LogP contribution in [0.2, 0.25) is 0 Å². The fourth-order valence-electron chi connectivity index (χ4n) is 2.78. The number of halogens is 1. The first-order valence-electron chi connectivity index (χ1n) is 8.80. The second kappa shape index (κ2) is 8.77. The van der Waals surface area contributed by atoms with Crippen LogP contribution in [-0.4, -0.2) is 22.8 Å². The number of amides is 1. The van der Waals surface area contributed by atoms with Crippen LogP contribution in [0.15, 0.2) is 53.9 Å². The average molecular weight is 383 g/mol. The van der Waals surface area contributed by atoms with Gasteiger partial charge in [0.25, 0.3) is 0 Å². The minimum Gasteiger partial charge on any atom is -0.341 e. The van der Waals surface area contributed by atoms with Crippen molar-refractivity contribution in [2.45, 2.75) is 20.4 Å². The topological polar surface area (TPSA) is 45.2 Å². The highest BCUT2D eigenvalue weighted by Gasteiger charge is 2.08. The van der Waals surface area contributed by atoms with Crippen molar-refractivity contribution in [2.24, 2.45) is 5.92 Å². The molecule has 0 aliphatic carbocycles. The smallest absolute Gasteiger partial charge is 0.210 e. The third-order valence-electron chi connectivity index (χ3n) is 3.96. The van der Waals surface area contributed by atoms with Crippen molar-refractivity contribution in [2.75, 3.05) is 11.9 Å². The Morgan fingerprint density at radius 1 is 1.22 bits per heavy atom. The van der Waals surface area contributed by atoms with Gasteiger partial charge in [-0.2, -0.15) is 0 Å². The molecule has 4 nitrogen and oxygen atoms in total. The molecule has 27 heavy (non-hydrogen) atoms. The molecule has 1 amide bonds. The number of benzene rings is 2. The maximum Gasteiger partial charge on any atom is 0.210 e. The molecule has 1 N–H and O–H groups in total. The number of aromatic nitrogens is 1. The summed E-state index contributed by atoms with van der Waals surface area (Å²) in [4.78, 5) is 17.5. The molecule has 0 saturated heterocycles. The van der Waals surface area contributed by atoms with Crippen molar-refractivity contribution < 1.29 is 9.18 Å². The summed E-state index contributed by atoms with van der Waals surface area (Å²) >= 11 is 1.47. The van der Waals surface area contributed by atoms with Crippen LogP contribution in [0.25, 0.3) is 11.3 Å². The number of carbonyl (C=O) groups excluding carboxylic acids is 1. The third-order valence-corrected chi connectivity index (χ3v) is 4.72. The molecule has 0 aliphatic heterocycles. The molecule has 0 aliphatic rings. The van der Waals surface area contributed by atoms with Gasteiger partial charge in [-0.05, 0) is 35.7 Å². The molecule has 1 heterocycles. The van der Waals surface area contributed by atoms with Gasteiger partial charge in [0.1, 0.15) is 5.82 Å². The lowest BCUT2D eigenvalue weighted by atomic mass is 10.1. The molecule has 3 rings (SSSR count). The van der Waals surface area contributed by atoms with Gasteiger partial charge in [0.15, 0.2) is 5.13 Å². The number of hydrogen-bond donors (Lipinski definition) is 1. The molecule has 0 spiro atoms. The summed E-state index contributed by atoms with van der Waals surface area (Å²) in [5, 5.41) is 5.91. The van der Waals surface area contributed by atoms with Crippen molar-refractivity contribution in [3.05, 3.63) is 65.3 Å². The Labute approximate surface area is 162 Å². The molecule has 0 unspecified atom stereocenters. The van der Waals surface area contributed by atoms with Gasteiger partial charge in [-0.15, -0.1) is 11.3 Å². The zero-order valence-corrected chi connectivity index (χ0v) is 16.2. The predicted molar refractivity (Wildman–Crippen MR) is 109 cm³/mol. The van der Waals surface area contributed by atoms with Crippen molar-refractivity contribution in [1.29, 1.82) is 0 Å². The van der Waals surface area contributed by atoms with Gasteiger partial charge in [-0.3, -0.25) is 4.79 Å². The van der Waals surface area contributed by atoms with E-state index in [2.05, 4.69) is 24.1 Å². The molecule has 2 aromatic carbocycles. The fraction of sp³-hybridized carbons (Fsp3) is 0.238. The van der Waals surface area contributed by atoms with E-state index in [4.69, 9.17) is 0 Å². The van der Waals surface area contributed by atoms with Crippen LogP contribution < -0.4 is 5.32 Å². The number of anilines is 2. The summed E-state index contributed by atoms with van der Waals surface area (Å²) in [6.45, 7) is 5.53. The Balaban J connectivity index is 1.64. The lowest BCUT2D eigenvalue weighted by Gasteiger charge is -2.19. The van der Waals surface area contributed by atoms with Crippen LogP contribution in [0.3, 0.4) is 0 Å². The Kier molecular flexibility index (Phi) is 6.19. The van der Waals surface area contributed by atoms with Gasteiger partial charge >= 0.3 is 0 Å². The van der Waals surface area contributed by atoms with E-state index in [0.29, 0.717) is 12.5 Å². The Bertz CT molecular complexity index is 892. The standard InChI is InChI=1S/C21H22FN3OS/c1-15(2)11-25(14-26)12-16-6-8-19(9-7-16)23-21-24-20(13-27-21)17-4-3-5-18(22)10-17/h3-10,13-15H,11-12H2,1-2H3,(H,23,24). The maximum atomic E-state index is 13.4. The van der Waals surface area contributed by atoms with Gasteiger partial charge in [0.05, 0.1) is 5.69 Å². The molecule has 140 valence electrons. The molecule has 6 heteroatoms. The monoisotopic (exact) mass is 383 g/mol. The highest BCUT2D eigenvalue weighted by atomic mass is 32.1. The quantitative estimate of drug-likeness (QED) is 0.536. The van der Waals surface area contributed by atoms with Gasteiger partial charge in [0, 0.05) is 29.7 Å². The molecular weight excluding hydrogens is 361 g/mol. The number of rotatable bonds is 8.